The second kappa shape index (κ2) is 10.0. The molecular formula is C17H18BrF3IN3O2. The molecule has 3 N–H and O–H groups in total. The van der Waals surface area contributed by atoms with E-state index in [0.29, 0.717) is 21.7 Å². The molecule has 27 heavy (non-hydrogen) atoms. The highest BCUT2D eigenvalue weighted by atomic mass is 127. The van der Waals surface area contributed by atoms with Crippen LogP contribution in [0.4, 0.5) is 18.9 Å². The standard InChI is InChI=1S/C17H17BrF3N3O2.HI/c1-25-14-6-5-12(8-15(14)26-2)24-16(22)23-9-10-3-4-11(18)7-13(10)17(19,20)21;/h3-8H,9H2,1-2H3,(H3,22,23,24);1H. The summed E-state index contributed by atoms with van der Waals surface area (Å²) >= 11 is 3.04. The number of alkyl halides is 3. The molecule has 0 spiro atoms. The summed E-state index contributed by atoms with van der Waals surface area (Å²) in [5, 5.41) is 2.81. The van der Waals surface area contributed by atoms with Crippen molar-refractivity contribution in [3.05, 3.63) is 52.0 Å². The fourth-order valence-electron chi connectivity index (χ4n) is 2.22. The van der Waals surface area contributed by atoms with Gasteiger partial charge in [0, 0.05) is 16.2 Å². The monoisotopic (exact) mass is 559 g/mol. The highest BCUT2D eigenvalue weighted by Gasteiger charge is 2.33. The van der Waals surface area contributed by atoms with Crippen LogP contribution in [0.5, 0.6) is 11.5 Å². The van der Waals surface area contributed by atoms with Gasteiger partial charge in [0.25, 0.3) is 0 Å². The van der Waals surface area contributed by atoms with Crippen molar-refractivity contribution in [3.8, 4) is 11.5 Å². The SMILES string of the molecule is COc1ccc(NC(N)=NCc2ccc(Br)cc2C(F)(F)F)cc1OC.I. The van der Waals surface area contributed by atoms with Gasteiger partial charge in [-0.3, -0.25) is 0 Å². The summed E-state index contributed by atoms with van der Waals surface area (Å²) in [5.41, 5.74) is 5.62. The van der Waals surface area contributed by atoms with Crippen molar-refractivity contribution in [3.63, 3.8) is 0 Å². The number of ether oxygens (including phenoxy) is 2. The molecule has 0 aliphatic rings. The van der Waals surface area contributed by atoms with Gasteiger partial charge in [-0.2, -0.15) is 13.2 Å². The van der Waals surface area contributed by atoms with Gasteiger partial charge in [-0.05, 0) is 29.8 Å². The number of nitrogens with one attached hydrogen (secondary N) is 1. The van der Waals surface area contributed by atoms with Gasteiger partial charge in [0.1, 0.15) is 0 Å². The molecule has 0 unspecified atom stereocenters. The van der Waals surface area contributed by atoms with Gasteiger partial charge in [0.2, 0.25) is 0 Å². The predicted molar refractivity (Wildman–Crippen MR) is 113 cm³/mol. The van der Waals surface area contributed by atoms with Gasteiger partial charge in [-0.25, -0.2) is 4.99 Å². The number of hydrogen-bond donors (Lipinski definition) is 2. The van der Waals surface area contributed by atoms with E-state index < -0.39 is 11.7 Å². The third-order valence-electron chi connectivity index (χ3n) is 3.45. The molecule has 0 aromatic heterocycles. The van der Waals surface area contributed by atoms with Crippen molar-refractivity contribution in [2.45, 2.75) is 12.7 Å². The quantitative estimate of drug-likeness (QED) is 0.306. The number of guanidine groups is 1. The summed E-state index contributed by atoms with van der Waals surface area (Å²) in [7, 11) is 3.00. The van der Waals surface area contributed by atoms with Gasteiger partial charge < -0.3 is 20.5 Å². The second-order valence-electron chi connectivity index (χ2n) is 5.20. The zero-order chi connectivity index (χ0) is 19.3. The molecule has 0 aliphatic heterocycles. The summed E-state index contributed by atoms with van der Waals surface area (Å²) in [6, 6.07) is 8.90. The molecule has 0 bridgehead atoms. The minimum absolute atomic E-state index is 0. The van der Waals surface area contributed by atoms with E-state index in [1.165, 1.54) is 26.4 Å². The Bertz CT molecular complexity index is 816. The molecule has 0 saturated heterocycles. The lowest BCUT2D eigenvalue weighted by Gasteiger charge is -2.13. The highest BCUT2D eigenvalue weighted by Crippen LogP contribution is 2.34. The molecule has 0 fully saturated rings. The van der Waals surface area contributed by atoms with Gasteiger partial charge >= 0.3 is 6.18 Å². The first-order valence-corrected chi connectivity index (χ1v) is 8.18. The number of aliphatic imine (C=N–C) groups is 1. The van der Waals surface area contributed by atoms with Crippen LogP contribution in [0.2, 0.25) is 0 Å². The Kier molecular flexibility index (Phi) is 8.66. The van der Waals surface area contributed by atoms with E-state index in [1.54, 1.807) is 18.2 Å². The van der Waals surface area contributed by atoms with Crippen LogP contribution < -0.4 is 20.5 Å². The van der Waals surface area contributed by atoms with Crippen LogP contribution in [0.3, 0.4) is 0 Å². The number of benzene rings is 2. The first kappa shape index (κ1) is 23.3. The Labute approximate surface area is 180 Å². The molecule has 0 radical (unpaired) electrons. The van der Waals surface area contributed by atoms with Crippen LogP contribution >= 0.6 is 39.9 Å². The summed E-state index contributed by atoms with van der Waals surface area (Å²) < 4.78 is 50.0. The number of halogens is 5. The lowest BCUT2D eigenvalue weighted by Crippen LogP contribution is -2.23. The third kappa shape index (κ3) is 6.45. The molecule has 10 heteroatoms. The Morgan fingerprint density at radius 1 is 1.11 bits per heavy atom. The maximum atomic E-state index is 13.1. The van der Waals surface area contributed by atoms with Crippen molar-refractivity contribution in [2.75, 3.05) is 19.5 Å². The minimum Gasteiger partial charge on any atom is -0.493 e. The molecule has 2 aromatic carbocycles. The molecule has 0 saturated carbocycles. The van der Waals surface area contributed by atoms with Crippen LogP contribution in [-0.4, -0.2) is 20.2 Å². The van der Waals surface area contributed by atoms with E-state index in [0.717, 1.165) is 6.07 Å². The number of methoxy groups -OCH3 is 2. The van der Waals surface area contributed by atoms with Crippen molar-refractivity contribution >= 4 is 51.6 Å². The normalized spacial score (nSPS) is 11.6. The van der Waals surface area contributed by atoms with Crippen LogP contribution in [0.1, 0.15) is 11.1 Å². The van der Waals surface area contributed by atoms with E-state index in [4.69, 9.17) is 15.2 Å². The molecule has 2 aromatic rings. The fourth-order valence-corrected chi connectivity index (χ4v) is 2.58. The molecule has 5 nitrogen and oxygen atoms in total. The van der Waals surface area contributed by atoms with Crippen molar-refractivity contribution in [1.29, 1.82) is 0 Å². The van der Waals surface area contributed by atoms with Crippen molar-refractivity contribution in [2.24, 2.45) is 10.7 Å². The van der Waals surface area contributed by atoms with Gasteiger partial charge in [-0.1, -0.05) is 22.0 Å². The molecule has 148 valence electrons. The van der Waals surface area contributed by atoms with Crippen molar-refractivity contribution < 1.29 is 22.6 Å². The summed E-state index contributed by atoms with van der Waals surface area (Å²) in [5.74, 6) is 1.00. The predicted octanol–water partition coefficient (Wildman–Crippen LogP) is 5.03. The Morgan fingerprint density at radius 2 is 1.78 bits per heavy atom. The van der Waals surface area contributed by atoms with E-state index in [1.807, 2.05) is 0 Å². The Balaban J connectivity index is 0.00000364. The topological polar surface area (TPSA) is 68.9 Å². The highest BCUT2D eigenvalue weighted by molar-refractivity contribution is 14.0. The second-order valence-corrected chi connectivity index (χ2v) is 6.11. The number of hydrogen-bond acceptors (Lipinski definition) is 3. The zero-order valence-corrected chi connectivity index (χ0v) is 18.3. The van der Waals surface area contributed by atoms with Crippen LogP contribution in [0, 0.1) is 0 Å². The number of rotatable bonds is 5. The van der Waals surface area contributed by atoms with E-state index in [-0.39, 0.29) is 42.0 Å². The van der Waals surface area contributed by atoms with Gasteiger partial charge in [-0.15, -0.1) is 24.0 Å². The van der Waals surface area contributed by atoms with Crippen LogP contribution in [0.25, 0.3) is 0 Å². The minimum atomic E-state index is -4.47. The van der Waals surface area contributed by atoms with E-state index in [9.17, 15) is 13.2 Å². The first-order valence-electron chi connectivity index (χ1n) is 7.39. The maximum absolute atomic E-state index is 13.1. The Hall–Kier alpha value is -1.69. The third-order valence-corrected chi connectivity index (χ3v) is 3.95. The number of nitrogens with two attached hydrogens (primary N) is 1. The van der Waals surface area contributed by atoms with Crippen LogP contribution in [0.15, 0.2) is 45.9 Å². The molecule has 0 amide bonds. The lowest BCUT2D eigenvalue weighted by molar-refractivity contribution is -0.138. The van der Waals surface area contributed by atoms with Crippen molar-refractivity contribution in [1.82, 2.24) is 0 Å². The van der Waals surface area contributed by atoms with E-state index >= 15 is 0 Å². The average Bonchev–Trinajstić information content (AvgIpc) is 2.59. The van der Waals surface area contributed by atoms with Gasteiger partial charge in [0.15, 0.2) is 17.5 Å². The molecule has 0 atom stereocenters. The first-order chi connectivity index (χ1) is 12.2. The van der Waals surface area contributed by atoms with E-state index in [2.05, 4.69) is 26.2 Å². The fraction of sp³-hybridized carbons (Fsp3) is 0.235. The van der Waals surface area contributed by atoms with Crippen LogP contribution in [-0.2, 0) is 12.7 Å². The summed E-state index contributed by atoms with van der Waals surface area (Å²) in [6.07, 6.45) is -4.47. The average molecular weight is 560 g/mol. The largest absolute Gasteiger partial charge is 0.493 e. The smallest absolute Gasteiger partial charge is 0.416 e. The molecule has 0 heterocycles. The molecule has 2 rings (SSSR count). The summed E-state index contributed by atoms with van der Waals surface area (Å²) in [4.78, 5) is 3.99. The molecular weight excluding hydrogens is 542 g/mol. The Morgan fingerprint density at radius 3 is 2.37 bits per heavy atom. The van der Waals surface area contributed by atoms with Gasteiger partial charge in [0.05, 0.1) is 26.3 Å². The summed E-state index contributed by atoms with van der Waals surface area (Å²) in [6.45, 7) is -0.214. The maximum Gasteiger partial charge on any atom is 0.416 e. The number of anilines is 1. The zero-order valence-electron chi connectivity index (χ0n) is 14.4. The lowest BCUT2D eigenvalue weighted by atomic mass is 10.1. The molecule has 0 aliphatic carbocycles. The number of nitrogens with zero attached hydrogens (tertiary/aromatic N) is 1.